The molecule has 1 aromatic carbocycles. The van der Waals surface area contributed by atoms with Crippen molar-refractivity contribution >= 4 is 39.5 Å². The fourth-order valence-electron chi connectivity index (χ4n) is 1.98. The lowest BCUT2D eigenvalue weighted by Gasteiger charge is -2.14. The monoisotopic (exact) mass is 372 g/mol. The van der Waals surface area contributed by atoms with Gasteiger partial charge in [-0.2, -0.15) is 9.61 Å². The molecule has 0 radical (unpaired) electrons. The fraction of sp³-hybridized carbons (Fsp3) is 0.286. The van der Waals surface area contributed by atoms with E-state index in [4.69, 9.17) is 23.2 Å². The fourth-order valence-corrected chi connectivity index (χ4v) is 3.38. The Hall–Kier alpha value is -1.57. The van der Waals surface area contributed by atoms with Crippen molar-refractivity contribution in [3.05, 3.63) is 44.0 Å². The second-order valence-electron chi connectivity index (χ2n) is 5.95. The second kappa shape index (κ2) is 5.51. The molecule has 2 aromatic heterocycles. The standard InChI is InChI=1S/C14H11Cl2FN4OS/c1-14(2,3)10-12(22)21-13(19-18-10)23-11(20-21)6-4-9(17)8(16)5-7(6)15/h4-5H,1-3H3. The van der Waals surface area contributed by atoms with E-state index in [-0.39, 0.29) is 15.6 Å². The number of benzene rings is 1. The summed E-state index contributed by atoms with van der Waals surface area (Å²) in [6, 6.07) is 2.49. The van der Waals surface area contributed by atoms with Gasteiger partial charge in [-0.3, -0.25) is 4.79 Å². The highest BCUT2D eigenvalue weighted by molar-refractivity contribution is 7.19. The number of nitrogens with zero attached hydrogens (tertiary/aromatic N) is 4. The van der Waals surface area contributed by atoms with Gasteiger partial charge in [0.05, 0.1) is 10.0 Å². The topological polar surface area (TPSA) is 60.1 Å². The normalized spacial score (nSPS) is 12.1. The average molecular weight is 373 g/mol. The van der Waals surface area contributed by atoms with Crippen LogP contribution in [0.2, 0.25) is 10.0 Å². The van der Waals surface area contributed by atoms with Crippen molar-refractivity contribution in [3.63, 3.8) is 0 Å². The van der Waals surface area contributed by atoms with Gasteiger partial charge < -0.3 is 0 Å². The van der Waals surface area contributed by atoms with Gasteiger partial charge in [0.2, 0.25) is 4.96 Å². The Morgan fingerprint density at radius 1 is 1.17 bits per heavy atom. The molecular formula is C14H11Cl2FN4OS. The molecule has 2 heterocycles. The molecule has 0 aliphatic carbocycles. The van der Waals surface area contributed by atoms with Crippen molar-refractivity contribution in [2.75, 3.05) is 0 Å². The largest absolute Gasteiger partial charge is 0.297 e. The number of halogens is 3. The molecule has 23 heavy (non-hydrogen) atoms. The first kappa shape index (κ1) is 16.3. The van der Waals surface area contributed by atoms with Crippen LogP contribution in [0, 0.1) is 5.82 Å². The van der Waals surface area contributed by atoms with Crippen LogP contribution in [0.15, 0.2) is 16.9 Å². The van der Waals surface area contributed by atoms with Gasteiger partial charge in [0.15, 0.2) is 0 Å². The highest BCUT2D eigenvalue weighted by atomic mass is 35.5. The average Bonchev–Trinajstić information content (AvgIpc) is 2.86. The SMILES string of the molecule is CC(C)(C)c1nnc2sc(-c3cc(F)c(Cl)cc3Cl)nn2c1=O. The summed E-state index contributed by atoms with van der Waals surface area (Å²) >= 11 is 12.9. The molecule has 0 saturated heterocycles. The highest BCUT2D eigenvalue weighted by Gasteiger charge is 2.23. The lowest BCUT2D eigenvalue weighted by molar-refractivity contribution is 0.542. The van der Waals surface area contributed by atoms with E-state index in [0.29, 0.717) is 21.2 Å². The quantitative estimate of drug-likeness (QED) is 0.606. The maximum absolute atomic E-state index is 13.7. The van der Waals surface area contributed by atoms with E-state index in [1.807, 2.05) is 20.8 Å². The van der Waals surface area contributed by atoms with Crippen molar-refractivity contribution in [2.24, 2.45) is 0 Å². The first-order valence-corrected chi connectivity index (χ1v) is 8.17. The summed E-state index contributed by atoms with van der Waals surface area (Å²) in [6.45, 7) is 5.59. The summed E-state index contributed by atoms with van der Waals surface area (Å²) in [5, 5.41) is 12.8. The van der Waals surface area contributed by atoms with Crippen molar-refractivity contribution in [2.45, 2.75) is 26.2 Å². The minimum Gasteiger partial charge on any atom is -0.265 e. The Bertz CT molecular complexity index is 977. The maximum Gasteiger partial charge on any atom is 0.297 e. The summed E-state index contributed by atoms with van der Waals surface area (Å²) < 4.78 is 14.9. The van der Waals surface area contributed by atoms with Gasteiger partial charge >= 0.3 is 0 Å². The van der Waals surface area contributed by atoms with Crippen LogP contribution in [0.25, 0.3) is 15.5 Å². The molecular weight excluding hydrogens is 362 g/mol. The molecule has 0 aliphatic rings. The molecule has 0 fully saturated rings. The number of hydrogen-bond donors (Lipinski definition) is 0. The Morgan fingerprint density at radius 2 is 1.87 bits per heavy atom. The summed E-state index contributed by atoms with van der Waals surface area (Å²) in [4.78, 5) is 12.8. The van der Waals surface area contributed by atoms with Crippen molar-refractivity contribution < 1.29 is 4.39 Å². The van der Waals surface area contributed by atoms with Crippen molar-refractivity contribution in [3.8, 4) is 10.6 Å². The Kier molecular flexibility index (Phi) is 3.90. The molecule has 120 valence electrons. The lowest BCUT2D eigenvalue weighted by atomic mass is 9.93. The Morgan fingerprint density at radius 3 is 2.52 bits per heavy atom. The zero-order valence-corrected chi connectivity index (χ0v) is 14.7. The summed E-state index contributed by atoms with van der Waals surface area (Å²) in [7, 11) is 0. The van der Waals surface area contributed by atoms with Crippen LogP contribution in [0.1, 0.15) is 26.5 Å². The summed E-state index contributed by atoms with van der Waals surface area (Å²) in [6.07, 6.45) is 0. The van der Waals surface area contributed by atoms with E-state index < -0.39 is 11.2 Å². The molecule has 5 nitrogen and oxygen atoms in total. The predicted octanol–water partition coefficient (Wildman–Crippen LogP) is 3.96. The Labute approximate surface area is 144 Å². The number of hydrogen-bond acceptors (Lipinski definition) is 5. The van der Waals surface area contributed by atoms with E-state index in [1.54, 1.807) is 0 Å². The predicted molar refractivity (Wildman–Crippen MR) is 89.0 cm³/mol. The number of aromatic nitrogens is 4. The summed E-state index contributed by atoms with van der Waals surface area (Å²) in [5.41, 5.74) is -0.157. The first-order chi connectivity index (χ1) is 10.7. The zero-order chi connectivity index (χ0) is 16.9. The molecule has 0 spiro atoms. The van der Waals surface area contributed by atoms with Crippen LogP contribution < -0.4 is 5.56 Å². The van der Waals surface area contributed by atoms with Gasteiger partial charge in [0, 0.05) is 11.0 Å². The number of fused-ring (bicyclic) bond motifs is 1. The maximum atomic E-state index is 13.7. The third kappa shape index (κ3) is 2.84. The van der Waals surface area contributed by atoms with Crippen LogP contribution in [-0.2, 0) is 5.41 Å². The van der Waals surface area contributed by atoms with Crippen LogP contribution in [0.4, 0.5) is 4.39 Å². The van der Waals surface area contributed by atoms with E-state index in [9.17, 15) is 9.18 Å². The molecule has 0 amide bonds. The molecule has 0 N–H and O–H groups in total. The molecule has 3 aromatic rings. The van der Waals surface area contributed by atoms with Gasteiger partial charge in [-0.25, -0.2) is 4.39 Å². The van der Waals surface area contributed by atoms with E-state index >= 15 is 0 Å². The minimum atomic E-state index is -0.612. The van der Waals surface area contributed by atoms with Gasteiger partial charge in [0.25, 0.3) is 5.56 Å². The highest BCUT2D eigenvalue weighted by Crippen LogP contribution is 2.34. The smallest absolute Gasteiger partial charge is 0.265 e. The molecule has 0 bridgehead atoms. The molecule has 9 heteroatoms. The second-order valence-corrected chi connectivity index (χ2v) is 7.72. The van der Waals surface area contributed by atoms with E-state index in [0.717, 1.165) is 15.9 Å². The van der Waals surface area contributed by atoms with Crippen LogP contribution in [0.5, 0.6) is 0 Å². The van der Waals surface area contributed by atoms with Crippen LogP contribution in [-0.4, -0.2) is 19.8 Å². The van der Waals surface area contributed by atoms with Crippen LogP contribution in [0.3, 0.4) is 0 Å². The molecule has 3 rings (SSSR count). The van der Waals surface area contributed by atoms with E-state index in [1.165, 1.54) is 12.1 Å². The molecule has 0 saturated carbocycles. The molecule has 0 unspecified atom stereocenters. The van der Waals surface area contributed by atoms with Crippen molar-refractivity contribution in [1.29, 1.82) is 0 Å². The minimum absolute atomic E-state index is 0.0770. The third-order valence-corrected chi connectivity index (χ3v) is 4.68. The lowest BCUT2D eigenvalue weighted by Crippen LogP contribution is -2.30. The van der Waals surface area contributed by atoms with Gasteiger partial charge in [-0.15, -0.1) is 10.2 Å². The van der Waals surface area contributed by atoms with Gasteiger partial charge in [0.1, 0.15) is 16.5 Å². The third-order valence-electron chi connectivity index (χ3n) is 3.14. The Balaban J connectivity index is 2.24. The van der Waals surface area contributed by atoms with E-state index in [2.05, 4.69) is 15.3 Å². The van der Waals surface area contributed by atoms with Gasteiger partial charge in [-0.1, -0.05) is 55.3 Å². The van der Waals surface area contributed by atoms with Crippen molar-refractivity contribution in [1.82, 2.24) is 19.8 Å². The molecule has 0 atom stereocenters. The van der Waals surface area contributed by atoms with Crippen LogP contribution >= 0.6 is 34.5 Å². The zero-order valence-electron chi connectivity index (χ0n) is 12.4. The number of rotatable bonds is 1. The molecule has 0 aliphatic heterocycles. The summed E-state index contributed by atoms with van der Waals surface area (Å²) in [5.74, 6) is -0.612. The van der Waals surface area contributed by atoms with Gasteiger partial charge in [-0.05, 0) is 12.1 Å². The first-order valence-electron chi connectivity index (χ1n) is 6.60.